The topological polar surface area (TPSA) is 49.8 Å². The molecule has 0 spiro atoms. The third-order valence-electron chi connectivity index (χ3n) is 3.67. The molecule has 0 radical (unpaired) electrons. The van der Waals surface area contributed by atoms with Crippen LogP contribution in [0.25, 0.3) is 0 Å². The molecule has 1 N–H and O–H groups in total. The maximum atomic E-state index is 11.0. The van der Waals surface area contributed by atoms with Crippen molar-refractivity contribution in [2.45, 2.75) is 33.2 Å². The van der Waals surface area contributed by atoms with Gasteiger partial charge >= 0.3 is 5.97 Å². The third-order valence-corrected chi connectivity index (χ3v) is 3.67. The fourth-order valence-electron chi connectivity index (χ4n) is 2.37. The molecular weight excluding hydrogens is 254 g/mol. The minimum absolute atomic E-state index is 0.276. The van der Waals surface area contributed by atoms with Crippen molar-refractivity contribution in [2.24, 2.45) is 5.92 Å². The monoisotopic (exact) mass is 279 g/mol. The maximum Gasteiger partial charge on any atom is 0.307 e. The fourth-order valence-corrected chi connectivity index (χ4v) is 2.37. The van der Waals surface area contributed by atoms with Gasteiger partial charge in [0.25, 0.3) is 0 Å². The fraction of sp³-hybridized carbons (Fsp3) is 0.562. The van der Waals surface area contributed by atoms with Gasteiger partial charge in [0, 0.05) is 12.6 Å². The summed E-state index contributed by atoms with van der Waals surface area (Å²) in [5.41, 5.74) is 1.16. The second-order valence-electron chi connectivity index (χ2n) is 5.19. The first-order valence-corrected chi connectivity index (χ1v) is 7.08. The van der Waals surface area contributed by atoms with E-state index in [1.165, 1.54) is 0 Å². The molecule has 0 saturated carbocycles. The zero-order valence-electron chi connectivity index (χ0n) is 12.8. The van der Waals surface area contributed by atoms with Crippen molar-refractivity contribution in [2.75, 3.05) is 20.2 Å². The quantitative estimate of drug-likeness (QED) is 0.795. The highest BCUT2D eigenvalue weighted by atomic mass is 16.5. The minimum Gasteiger partial charge on any atom is -0.496 e. The average Bonchev–Trinajstić information content (AvgIpc) is 2.44. The number of carboxylic acids is 1. The van der Waals surface area contributed by atoms with Crippen molar-refractivity contribution in [1.82, 2.24) is 4.90 Å². The SMILES string of the molecule is CCN(CC(C)C(=O)O)C(C)Cc1ccccc1OC. The molecule has 1 aromatic carbocycles. The lowest BCUT2D eigenvalue weighted by Gasteiger charge is -2.29. The Hall–Kier alpha value is -1.55. The van der Waals surface area contributed by atoms with Gasteiger partial charge in [-0.2, -0.15) is 0 Å². The Balaban J connectivity index is 2.72. The molecule has 0 aliphatic rings. The molecular formula is C16H25NO3. The number of carboxylic acid groups (broad SMARTS) is 1. The van der Waals surface area contributed by atoms with Gasteiger partial charge in [-0.05, 0) is 31.5 Å². The number of benzene rings is 1. The number of rotatable bonds is 8. The lowest BCUT2D eigenvalue weighted by atomic mass is 10.0. The predicted molar refractivity (Wildman–Crippen MR) is 80.2 cm³/mol. The molecule has 2 atom stereocenters. The Bertz CT molecular complexity index is 433. The molecule has 0 amide bonds. The van der Waals surface area contributed by atoms with Gasteiger partial charge in [0.2, 0.25) is 0 Å². The summed E-state index contributed by atoms with van der Waals surface area (Å²) in [6.45, 7) is 7.36. The Kier molecular flexibility index (Phi) is 6.52. The molecule has 4 heteroatoms. The van der Waals surface area contributed by atoms with Crippen LogP contribution in [0.2, 0.25) is 0 Å². The molecule has 1 aromatic rings. The first-order valence-electron chi connectivity index (χ1n) is 7.08. The molecule has 0 bridgehead atoms. The van der Waals surface area contributed by atoms with Crippen LogP contribution in [0.1, 0.15) is 26.3 Å². The van der Waals surface area contributed by atoms with Crippen molar-refractivity contribution >= 4 is 5.97 Å². The van der Waals surface area contributed by atoms with E-state index in [9.17, 15) is 4.79 Å². The van der Waals surface area contributed by atoms with Gasteiger partial charge in [-0.1, -0.05) is 32.0 Å². The molecule has 0 saturated heterocycles. The molecule has 0 aromatic heterocycles. The summed E-state index contributed by atoms with van der Waals surface area (Å²) >= 11 is 0. The van der Waals surface area contributed by atoms with Crippen LogP contribution >= 0.6 is 0 Å². The third kappa shape index (κ3) is 4.53. The van der Waals surface area contributed by atoms with Gasteiger partial charge in [0.05, 0.1) is 13.0 Å². The lowest BCUT2D eigenvalue weighted by Crippen LogP contribution is -2.39. The summed E-state index contributed by atoms with van der Waals surface area (Å²) in [4.78, 5) is 13.2. The van der Waals surface area contributed by atoms with E-state index in [1.807, 2.05) is 18.2 Å². The standard InChI is InChI=1S/C16H25NO3/c1-5-17(11-12(2)16(18)19)13(3)10-14-8-6-7-9-15(14)20-4/h6-9,12-13H,5,10-11H2,1-4H3,(H,18,19). The van der Waals surface area contributed by atoms with Crippen LogP contribution in [0.5, 0.6) is 5.75 Å². The molecule has 20 heavy (non-hydrogen) atoms. The highest BCUT2D eigenvalue weighted by molar-refractivity contribution is 5.69. The number of para-hydroxylation sites is 1. The maximum absolute atomic E-state index is 11.0. The summed E-state index contributed by atoms with van der Waals surface area (Å²) in [5.74, 6) is -0.204. The number of hydrogen-bond acceptors (Lipinski definition) is 3. The summed E-state index contributed by atoms with van der Waals surface area (Å²) in [7, 11) is 1.67. The highest BCUT2D eigenvalue weighted by Gasteiger charge is 2.20. The number of aliphatic carboxylic acids is 1. The zero-order valence-corrected chi connectivity index (χ0v) is 12.8. The van der Waals surface area contributed by atoms with Crippen LogP contribution in [-0.2, 0) is 11.2 Å². The lowest BCUT2D eigenvalue weighted by molar-refractivity contribution is -0.141. The van der Waals surface area contributed by atoms with Crippen LogP contribution in [0.3, 0.4) is 0 Å². The summed E-state index contributed by atoms with van der Waals surface area (Å²) in [6, 6.07) is 8.25. The summed E-state index contributed by atoms with van der Waals surface area (Å²) in [6.07, 6.45) is 0.851. The molecule has 0 aliphatic carbocycles. The van der Waals surface area contributed by atoms with E-state index < -0.39 is 5.97 Å². The van der Waals surface area contributed by atoms with Crippen molar-refractivity contribution in [3.05, 3.63) is 29.8 Å². The molecule has 1 rings (SSSR count). The normalized spacial score (nSPS) is 14.1. The molecule has 112 valence electrons. The van der Waals surface area contributed by atoms with Crippen molar-refractivity contribution < 1.29 is 14.6 Å². The highest BCUT2D eigenvalue weighted by Crippen LogP contribution is 2.20. The van der Waals surface area contributed by atoms with Crippen LogP contribution in [0.15, 0.2) is 24.3 Å². The summed E-state index contributed by atoms with van der Waals surface area (Å²) in [5, 5.41) is 9.03. The Morgan fingerprint density at radius 3 is 2.55 bits per heavy atom. The van der Waals surface area contributed by atoms with Crippen molar-refractivity contribution in [1.29, 1.82) is 0 Å². The van der Waals surface area contributed by atoms with E-state index >= 15 is 0 Å². The number of carbonyl (C=O) groups is 1. The Morgan fingerprint density at radius 1 is 1.35 bits per heavy atom. The largest absolute Gasteiger partial charge is 0.496 e. The Labute approximate surface area is 121 Å². The number of likely N-dealkylation sites (N-methyl/N-ethyl adjacent to an activating group) is 1. The van der Waals surface area contributed by atoms with Gasteiger partial charge < -0.3 is 9.84 Å². The van der Waals surface area contributed by atoms with Gasteiger partial charge in [-0.3, -0.25) is 9.69 Å². The second kappa shape index (κ2) is 7.90. The van der Waals surface area contributed by atoms with E-state index in [4.69, 9.17) is 9.84 Å². The van der Waals surface area contributed by atoms with Crippen LogP contribution in [0.4, 0.5) is 0 Å². The van der Waals surface area contributed by atoms with Crippen molar-refractivity contribution in [3.63, 3.8) is 0 Å². The molecule has 4 nitrogen and oxygen atoms in total. The van der Waals surface area contributed by atoms with E-state index in [-0.39, 0.29) is 12.0 Å². The number of ether oxygens (including phenoxy) is 1. The van der Waals surface area contributed by atoms with E-state index in [0.717, 1.165) is 24.3 Å². The summed E-state index contributed by atoms with van der Waals surface area (Å²) < 4.78 is 5.37. The second-order valence-corrected chi connectivity index (χ2v) is 5.19. The molecule has 2 unspecified atom stereocenters. The van der Waals surface area contributed by atoms with E-state index in [1.54, 1.807) is 14.0 Å². The Morgan fingerprint density at radius 2 is 2.00 bits per heavy atom. The van der Waals surface area contributed by atoms with Gasteiger partial charge in [-0.15, -0.1) is 0 Å². The van der Waals surface area contributed by atoms with Gasteiger partial charge in [0.15, 0.2) is 0 Å². The molecule has 0 heterocycles. The first kappa shape index (κ1) is 16.5. The smallest absolute Gasteiger partial charge is 0.307 e. The average molecular weight is 279 g/mol. The van der Waals surface area contributed by atoms with Crippen LogP contribution < -0.4 is 4.74 Å². The van der Waals surface area contributed by atoms with Crippen molar-refractivity contribution in [3.8, 4) is 5.75 Å². The molecule has 0 aliphatic heterocycles. The minimum atomic E-state index is -0.743. The number of hydrogen-bond donors (Lipinski definition) is 1. The van der Waals surface area contributed by atoms with Gasteiger partial charge in [0.1, 0.15) is 5.75 Å². The van der Waals surface area contributed by atoms with Gasteiger partial charge in [-0.25, -0.2) is 0 Å². The predicted octanol–water partition coefficient (Wildman–Crippen LogP) is 2.67. The number of nitrogens with zero attached hydrogens (tertiary/aromatic N) is 1. The molecule has 0 fully saturated rings. The first-order chi connectivity index (χ1) is 9.49. The number of methoxy groups -OCH3 is 1. The van der Waals surface area contributed by atoms with E-state index in [2.05, 4.69) is 24.8 Å². The zero-order chi connectivity index (χ0) is 15.1. The van der Waals surface area contributed by atoms with E-state index in [0.29, 0.717) is 6.54 Å². The van der Waals surface area contributed by atoms with Crippen LogP contribution in [0, 0.1) is 5.92 Å². The van der Waals surface area contributed by atoms with Crippen LogP contribution in [-0.4, -0.2) is 42.2 Å².